The lowest BCUT2D eigenvalue weighted by Crippen LogP contribution is -2.31. The zero-order chi connectivity index (χ0) is 12.0. The highest BCUT2D eigenvalue weighted by molar-refractivity contribution is 7.81. The van der Waals surface area contributed by atoms with Crippen molar-refractivity contribution >= 4 is 31.4 Å². The lowest BCUT2D eigenvalue weighted by Gasteiger charge is -2.16. The number of rotatable bonds is 4. The van der Waals surface area contributed by atoms with Crippen molar-refractivity contribution in [3.05, 3.63) is 24.3 Å². The number of amides is 1. The van der Waals surface area contributed by atoms with Gasteiger partial charge in [0.25, 0.3) is 0 Å². The van der Waals surface area contributed by atoms with Crippen LogP contribution >= 0.6 is 25.3 Å². The topological polar surface area (TPSA) is 38.8 Å². The number of carbonyl (C=O) groups is 1. The van der Waals surface area contributed by atoms with Crippen LogP contribution in [0.3, 0.4) is 0 Å². The molecule has 0 aromatic heterocycles. The molecule has 0 radical (unpaired) electrons. The second kappa shape index (κ2) is 6.55. The van der Waals surface area contributed by atoms with Gasteiger partial charge in [-0.2, -0.15) is 25.3 Å². The number of ether oxygens (including phenoxy) is 2. The van der Waals surface area contributed by atoms with Crippen LogP contribution in [0.25, 0.3) is 0 Å². The predicted molar refractivity (Wildman–Crippen MR) is 68.6 cm³/mol. The lowest BCUT2D eigenvalue weighted by atomic mass is 10.3. The van der Waals surface area contributed by atoms with Crippen LogP contribution in [0.4, 0.5) is 4.79 Å². The third-order valence-corrected chi connectivity index (χ3v) is 2.55. The third kappa shape index (κ3) is 3.53. The molecule has 1 aromatic rings. The largest absolute Gasteiger partial charge is 0.497 e. The molecule has 4 nitrogen and oxygen atoms in total. The fourth-order valence-electron chi connectivity index (χ4n) is 0.969. The summed E-state index contributed by atoms with van der Waals surface area (Å²) in [6.07, 6.45) is -0.477. The molecule has 1 aromatic carbocycles. The molecular weight excluding hydrogens is 246 g/mol. The molecule has 88 valence electrons. The monoisotopic (exact) mass is 259 g/mol. The Balaban J connectivity index is 2.62. The Kier molecular flexibility index (Phi) is 5.34. The number of hydrogen-bond donors (Lipinski definition) is 2. The summed E-state index contributed by atoms with van der Waals surface area (Å²) < 4.78 is 10.1. The van der Waals surface area contributed by atoms with Crippen molar-refractivity contribution in [1.82, 2.24) is 4.90 Å². The van der Waals surface area contributed by atoms with Crippen molar-refractivity contribution in [3.8, 4) is 11.5 Å². The SMILES string of the molecule is COc1ccc(OC(=O)N(CS)CS)cc1. The number of benzene rings is 1. The van der Waals surface area contributed by atoms with E-state index < -0.39 is 6.09 Å². The minimum absolute atomic E-state index is 0.262. The van der Waals surface area contributed by atoms with Crippen LogP contribution in [0.15, 0.2) is 24.3 Å². The number of thiol groups is 2. The van der Waals surface area contributed by atoms with Gasteiger partial charge in [0.05, 0.1) is 18.9 Å². The van der Waals surface area contributed by atoms with Gasteiger partial charge in [-0.25, -0.2) is 4.79 Å². The van der Waals surface area contributed by atoms with Crippen LogP contribution in [0.1, 0.15) is 0 Å². The zero-order valence-electron chi connectivity index (χ0n) is 8.79. The van der Waals surface area contributed by atoms with E-state index in [2.05, 4.69) is 25.3 Å². The molecule has 1 rings (SSSR count). The highest BCUT2D eigenvalue weighted by Gasteiger charge is 2.12. The average molecular weight is 259 g/mol. The van der Waals surface area contributed by atoms with Gasteiger partial charge in [-0.05, 0) is 24.3 Å². The van der Waals surface area contributed by atoms with Gasteiger partial charge in [-0.3, -0.25) is 4.90 Å². The Morgan fingerprint density at radius 1 is 1.19 bits per heavy atom. The molecule has 0 spiro atoms. The summed E-state index contributed by atoms with van der Waals surface area (Å²) in [5.74, 6) is 1.69. The van der Waals surface area contributed by atoms with Crippen molar-refractivity contribution < 1.29 is 14.3 Å². The predicted octanol–water partition coefficient (Wildman–Crippen LogP) is 2.27. The summed E-state index contributed by atoms with van der Waals surface area (Å²) in [5, 5.41) is 0. The van der Waals surface area contributed by atoms with Gasteiger partial charge in [0, 0.05) is 0 Å². The molecule has 0 bridgehead atoms. The molecule has 0 N–H and O–H groups in total. The highest BCUT2D eigenvalue weighted by atomic mass is 32.1. The second-order valence-electron chi connectivity index (χ2n) is 2.87. The summed E-state index contributed by atoms with van der Waals surface area (Å²) in [6, 6.07) is 6.75. The molecule has 0 fully saturated rings. The number of methoxy groups -OCH3 is 1. The number of carbonyl (C=O) groups excluding carboxylic acids is 1. The van der Waals surface area contributed by atoms with Crippen molar-refractivity contribution in [3.63, 3.8) is 0 Å². The number of hydrogen-bond acceptors (Lipinski definition) is 5. The molecule has 0 atom stereocenters. The van der Waals surface area contributed by atoms with E-state index in [1.165, 1.54) is 4.90 Å². The summed E-state index contributed by atoms with van der Waals surface area (Å²) in [6.45, 7) is 0. The maximum atomic E-state index is 11.5. The number of nitrogens with zero attached hydrogens (tertiary/aromatic N) is 1. The van der Waals surface area contributed by atoms with Crippen LogP contribution in [0, 0.1) is 0 Å². The Morgan fingerprint density at radius 3 is 2.12 bits per heavy atom. The van der Waals surface area contributed by atoms with E-state index in [1.54, 1.807) is 31.4 Å². The molecule has 0 aliphatic carbocycles. The normalized spacial score (nSPS) is 9.69. The average Bonchev–Trinajstić information content (AvgIpc) is 2.31. The van der Waals surface area contributed by atoms with Gasteiger partial charge in [0.1, 0.15) is 11.5 Å². The lowest BCUT2D eigenvalue weighted by molar-refractivity contribution is 0.168. The Bertz CT molecular complexity index is 338. The van der Waals surface area contributed by atoms with E-state index in [9.17, 15) is 4.79 Å². The quantitative estimate of drug-likeness (QED) is 0.643. The minimum Gasteiger partial charge on any atom is -0.497 e. The smallest absolute Gasteiger partial charge is 0.416 e. The van der Waals surface area contributed by atoms with E-state index in [0.717, 1.165) is 0 Å². The van der Waals surface area contributed by atoms with Gasteiger partial charge in [0.15, 0.2) is 0 Å². The summed E-state index contributed by atoms with van der Waals surface area (Å²) in [7, 11) is 1.57. The third-order valence-electron chi connectivity index (χ3n) is 1.86. The van der Waals surface area contributed by atoms with E-state index in [4.69, 9.17) is 9.47 Å². The molecule has 1 amide bonds. The maximum Gasteiger partial charge on any atom is 0.416 e. The molecule has 0 heterocycles. The van der Waals surface area contributed by atoms with E-state index >= 15 is 0 Å². The van der Waals surface area contributed by atoms with Crippen molar-refractivity contribution in [2.75, 3.05) is 18.9 Å². The van der Waals surface area contributed by atoms with Gasteiger partial charge >= 0.3 is 6.09 Å². The zero-order valence-corrected chi connectivity index (χ0v) is 10.6. The summed E-state index contributed by atoms with van der Waals surface area (Å²) in [4.78, 5) is 12.8. The van der Waals surface area contributed by atoms with Crippen molar-refractivity contribution in [1.29, 1.82) is 0 Å². The van der Waals surface area contributed by atoms with Gasteiger partial charge < -0.3 is 9.47 Å². The molecule has 0 aliphatic heterocycles. The second-order valence-corrected chi connectivity index (χ2v) is 3.43. The van der Waals surface area contributed by atoms with Gasteiger partial charge in [0.2, 0.25) is 0 Å². The molecule has 0 aliphatic rings. The van der Waals surface area contributed by atoms with Crippen molar-refractivity contribution in [2.24, 2.45) is 0 Å². The first-order valence-corrected chi connectivity index (χ1v) is 5.80. The first kappa shape index (κ1) is 13.1. The molecule has 16 heavy (non-hydrogen) atoms. The van der Waals surface area contributed by atoms with Crippen LogP contribution < -0.4 is 9.47 Å². The van der Waals surface area contributed by atoms with E-state index in [-0.39, 0.29) is 11.8 Å². The Morgan fingerprint density at radius 2 is 1.69 bits per heavy atom. The van der Waals surface area contributed by atoms with Gasteiger partial charge in [-0.1, -0.05) is 0 Å². The van der Waals surface area contributed by atoms with Crippen LogP contribution in [-0.2, 0) is 0 Å². The standard InChI is InChI=1S/C10H13NO3S2/c1-13-8-2-4-9(5-3-8)14-10(12)11(6-15)7-16/h2-5,15-16H,6-7H2,1H3. The molecule has 0 unspecified atom stereocenters. The Labute approximate surface area is 105 Å². The Hall–Kier alpha value is -1.01. The van der Waals surface area contributed by atoms with E-state index in [0.29, 0.717) is 11.5 Å². The molecular formula is C10H13NO3S2. The first-order valence-electron chi connectivity index (χ1n) is 4.53. The maximum absolute atomic E-state index is 11.5. The fraction of sp³-hybridized carbons (Fsp3) is 0.300. The first-order chi connectivity index (χ1) is 7.71. The van der Waals surface area contributed by atoms with Crippen LogP contribution in [0.5, 0.6) is 11.5 Å². The van der Waals surface area contributed by atoms with Crippen LogP contribution in [-0.4, -0.2) is 29.9 Å². The summed E-state index contributed by atoms with van der Waals surface area (Å²) in [5.41, 5.74) is 0. The molecule has 0 saturated heterocycles. The fourth-order valence-corrected chi connectivity index (χ4v) is 1.56. The van der Waals surface area contributed by atoms with E-state index in [1.807, 2.05) is 0 Å². The molecule has 6 heteroatoms. The van der Waals surface area contributed by atoms with Crippen molar-refractivity contribution in [2.45, 2.75) is 0 Å². The molecule has 0 saturated carbocycles. The van der Waals surface area contributed by atoms with Gasteiger partial charge in [-0.15, -0.1) is 0 Å². The van der Waals surface area contributed by atoms with Crippen LogP contribution in [0.2, 0.25) is 0 Å². The summed E-state index contributed by atoms with van der Waals surface area (Å²) >= 11 is 7.98. The highest BCUT2D eigenvalue weighted by Crippen LogP contribution is 2.17. The minimum atomic E-state index is -0.477.